The van der Waals surface area contributed by atoms with Gasteiger partial charge in [-0.05, 0) is 54.9 Å². The van der Waals surface area contributed by atoms with Crippen LogP contribution in [-0.4, -0.2) is 20.4 Å². The van der Waals surface area contributed by atoms with Crippen LogP contribution in [0, 0.1) is 11.8 Å². The van der Waals surface area contributed by atoms with Gasteiger partial charge in [-0.1, -0.05) is 12.8 Å². The van der Waals surface area contributed by atoms with Gasteiger partial charge >= 0.3 is 0 Å². The first-order valence-electron chi connectivity index (χ1n) is 8.00. The molecule has 2 saturated carbocycles. The van der Waals surface area contributed by atoms with Gasteiger partial charge in [0.2, 0.25) is 15.9 Å². The quantitative estimate of drug-likeness (QED) is 0.895. The third-order valence-corrected chi connectivity index (χ3v) is 6.69. The van der Waals surface area contributed by atoms with E-state index in [0.29, 0.717) is 29.6 Å². The van der Waals surface area contributed by atoms with Crippen molar-refractivity contribution in [2.24, 2.45) is 11.8 Å². The van der Waals surface area contributed by atoms with E-state index in [1.807, 2.05) is 0 Å². The molecule has 0 aromatic heterocycles. The van der Waals surface area contributed by atoms with Crippen LogP contribution in [0.1, 0.15) is 37.7 Å². The highest BCUT2D eigenvalue weighted by atomic mass is 32.2. The Morgan fingerprint density at radius 1 is 1.09 bits per heavy atom. The number of fused-ring (bicyclic) bond motifs is 2. The van der Waals surface area contributed by atoms with Gasteiger partial charge in [-0.15, -0.1) is 0 Å². The van der Waals surface area contributed by atoms with Crippen molar-refractivity contribution in [3.05, 3.63) is 23.8 Å². The predicted molar refractivity (Wildman–Crippen MR) is 83.0 cm³/mol. The van der Waals surface area contributed by atoms with E-state index < -0.39 is 10.0 Å². The molecule has 0 radical (unpaired) electrons. The van der Waals surface area contributed by atoms with Crippen LogP contribution in [0.4, 0.5) is 5.69 Å². The second kappa shape index (κ2) is 5.06. The molecule has 3 aliphatic rings. The molecule has 22 heavy (non-hydrogen) atoms. The van der Waals surface area contributed by atoms with Gasteiger partial charge in [-0.3, -0.25) is 4.79 Å². The van der Waals surface area contributed by atoms with Crippen LogP contribution in [0.2, 0.25) is 0 Å². The molecule has 1 aliphatic heterocycles. The molecule has 0 bridgehead atoms. The highest BCUT2D eigenvalue weighted by Gasteiger charge is 2.52. The number of anilines is 1. The van der Waals surface area contributed by atoms with Crippen molar-refractivity contribution >= 4 is 21.6 Å². The number of benzene rings is 1. The molecule has 0 saturated heterocycles. The van der Waals surface area contributed by atoms with Gasteiger partial charge in [0, 0.05) is 18.2 Å². The van der Waals surface area contributed by atoms with E-state index in [-0.39, 0.29) is 11.9 Å². The Labute approximate surface area is 130 Å². The zero-order valence-corrected chi connectivity index (χ0v) is 13.2. The number of carbonyl (C=O) groups is 1. The lowest BCUT2D eigenvalue weighted by atomic mass is 10.0. The van der Waals surface area contributed by atoms with Crippen LogP contribution < -0.4 is 10.0 Å². The van der Waals surface area contributed by atoms with Gasteiger partial charge in [-0.2, -0.15) is 0 Å². The molecule has 2 N–H and O–H groups in total. The summed E-state index contributed by atoms with van der Waals surface area (Å²) in [6.45, 7) is 0. The zero-order valence-electron chi connectivity index (χ0n) is 12.3. The van der Waals surface area contributed by atoms with Gasteiger partial charge in [-0.25, -0.2) is 13.1 Å². The summed E-state index contributed by atoms with van der Waals surface area (Å²) >= 11 is 0. The Kier molecular flexibility index (Phi) is 3.27. The van der Waals surface area contributed by atoms with E-state index in [1.54, 1.807) is 18.2 Å². The van der Waals surface area contributed by atoms with Crippen molar-refractivity contribution in [3.8, 4) is 0 Å². The summed E-state index contributed by atoms with van der Waals surface area (Å²) in [6, 6.07) is 5.10. The lowest BCUT2D eigenvalue weighted by Crippen LogP contribution is -2.28. The van der Waals surface area contributed by atoms with Crippen molar-refractivity contribution in [2.45, 2.75) is 49.5 Å². The Hall–Kier alpha value is -1.40. The number of amides is 1. The van der Waals surface area contributed by atoms with Crippen LogP contribution in [0.5, 0.6) is 0 Å². The SMILES string of the molecule is O=C1CCc2cc(S(=O)(=O)NC3C4CCCCC43)ccc2N1. The summed E-state index contributed by atoms with van der Waals surface area (Å²) in [7, 11) is -3.46. The first-order valence-corrected chi connectivity index (χ1v) is 9.48. The smallest absolute Gasteiger partial charge is 0.240 e. The summed E-state index contributed by atoms with van der Waals surface area (Å²) < 4.78 is 28.0. The van der Waals surface area contributed by atoms with E-state index >= 15 is 0 Å². The molecule has 2 fully saturated rings. The van der Waals surface area contributed by atoms with Crippen LogP contribution in [0.3, 0.4) is 0 Å². The van der Waals surface area contributed by atoms with E-state index in [2.05, 4.69) is 10.0 Å². The molecule has 4 rings (SSSR count). The van der Waals surface area contributed by atoms with Crippen molar-refractivity contribution in [3.63, 3.8) is 0 Å². The molecule has 5 nitrogen and oxygen atoms in total. The monoisotopic (exact) mass is 320 g/mol. The summed E-state index contributed by atoms with van der Waals surface area (Å²) in [4.78, 5) is 11.7. The number of carbonyl (C=O) groups excluding carboxylic acids is 1. The van der Waals surface area contributed by atoms with E-state index in [1.165, 1.54) is 12.8 Å². The maximum atomic E-state index is 12.6. The molecule has 2 unspecified atom stereocenters. The van der Waals surface area contributed by atoms with Gasteiger partial charge in [0.1, 0.15) is 0 Å². The third kappa shape index (κ3) is 2.44. The van der Waals surface area contributed by atoms with Crippen molar-refractivity contribution < 1.29 is 13.2 Å². The normalized spacial score (nSPS) is 30.2. The summed E-state index contributed by atoms with van der Waals surface area (Å²) in [5.41, 5.74) is 1.63. The summed E-state index contributed by atoms with van der Waals surface area (Å²) in [5.74, 6) is 1.07. The number of sulfonamides is 1. The van der Waals surface area contributed by atoms with E-state index in [9.17, 15) is 13.2 Å². The fourth-order valence-corrected chi connectivity index (χ4v) is 5.33. The molecular formula is C16H20N2O3S. The average Bonchev–Trinajstić information content (AvgIpc) is 3.19. The standard InChI is InChI=1S/C16H20N2O3S/c19-15-8-5-10-9-11(6-7-14(10)17-15)22(20,21)18-16-12-3-1-2-4-13(12)16/h6-7,9,12-13,16,18H,1-5,8H2,(H,17,19). The Morgan fingerprint density at radius 3 is 2.55 bits per heavy atom. The van der Waals surface area contributed by atoms with Crippen LogP contribution >= 0.6 is 0 Å². The largest absolute Gasteiger partial charge is 0.326 e. The average molecular weight is 320 g/mol. The van der Waals surface area contributed by atoms with Crippen LogP contribution in [0.15, 0.2) is 23.1 Å². The molecule has 1 aromatic carbocycles. The van der Waals surface area contributed by atoms with Crippen LogP contribution in [0.25, 0.3) is 0 Å². The molecule has 1 amide bonds. The molecule has 6 heteroatoms. The summed E-state index contributed by atoms with van der Waals surface area (Å²) in [5, 5.41) is 2.78. The Bertz CT molecular complexity index is 717. The molecule has 2 atom stereocenters. The molecule has 1 heterocycles. The van der Waals surface area contributed by atoms with Gasteiger partial charge < -0.3 is 5.32 Å². The van der Waals surface area contributed by atoms with Crippen molar-refractivity contribution in [2.75, 3.05) is 5.32 Å². The number of rotatable bonds is 3. The Morgan fingerprint density at radius 2 is 1.82 bits per heavy atom. The van der Waals surface area contributed by atoms with Gasteiger partial charge in [0.25, 0.3) is 0 Å². The zero-order chi connectivity index (χ0) is 15.3. The van der Waals surface area contributed by atoms with Gasteiger partial charge in [0.05, 0.1) is 4.90 Å². The maximum Gasteiger partial charge on any atom is 0.240 e. The first-order chi connectivity index (χ1) is 10.5. The fraction of sp³-hybridized carbons (Fsp3) is 0.562. The highest BCUT2D eigenvalue weighted by Crippen LogP contribution is 2.50. The summed E-state index contributed by atoms with van der Waals surface area (Å²) in [6.07, 6.45) is 5.74. The minimum Gasteiger partial charge on any atom is -0.326 e. The van der Waals surface area contributed by atoms with Gasteiger partial charge in [0.15, 0.2) is 0 Å². The minimum absolute atomic E-state index is 0.0108. The number of nitrogens with one attached hydrogen (secondary N) is 2. The lowest BCUT2D eigenvalue weighted by molar-refractivity contribution is -0.116. The lowest BCUT2D eigenvalue weighted by Gasteiger charge is -2.17. The van der Waals surface area contributed by atoms with Crippen molar-refractivity contribution in [1.29, 1.82) is 0 Å². The molecular weight excluding hydrogens is 300 g/mol. The topological polar surface area (TPSA) is 75.3 Å². The first kappa shape index (κ1) is 14.2. The van der Waals surface area contributed by atoms with E-state index in [4.69, 9.17) is 0 Å². The molecule has 0 spiro atoms. The van der Waals surface area contributed by atoms with E-state index in [0.717, 1.165) is 24.1 Å². The number of hydrogen-bond acceptors (Lipinski definition) is 3. The number of hydrogen-bond donors (Lipinski definition) is 2. The van der Waals surface area contributed by atoms with Crippen molar-refractivity contribution in [1.82, 2.24) is 4.72 Å². The Balaban J connectivity index is 1.54. The predicted octanol–water partition coefficient (Wildman–Crippen LogP) is 2.04. The minimum atomic E-state index is -3.46. The second-order valence-electron chi connectivity index (χ2n) is 6.63. The second-order valence-corrected chi connectivity index (χ2v) is 8.34. The molecule has 2 aliphatic carbocycles. The fourth-order valence-electron chi connectivity index (χ4n) is 3.94. The molecule has 118 valence electrons. The number of aryl methyl sites for hydroxylation is 1. The third-order valence-electron chi connectivity index (χ3n) is 5.23. The molecule has 1 aromatic rings. The highest BCUT2D eigenvalue weighted by molar-refractivity contribution is 7.89. The van der Waals surface area contributed by atoms with Crippen LogP contribution in [-0.2, 0) is 21.2 Å². The maximum absolute atomic E-state index is 12.6.